The lowest BCUT2D eigenvalue weighted by Crippen LogP contribution is -2.81. The molecule has 1 saturated heterocycles. The van der Waals surface area contributed by atoms with Crippen molar-refractivity contribution in [1.29, 1.82) is 0 Å². The Morgan fingerprint density at radius 3 is 2.58 bits per heavy atom. The zero-order valence-corrected chi connectivity index (χ0v) is 8.09. The summed E-state index contributed by atoms with van der Waals surface area (Å²) in [5.41, 5.74) is -0.334. The van der Waals surface area contributed by atoms with Crippen LogP contribution in [0.3, 0.4) is 0 Å². The molecule has 1 aliphatic heterocycles. The minimum atomic E-state index is -0.334. The fourth-order valence-electron chi connectivity index (χ4n) is 1.36. The topological polar surface area (TPSA) is 42.9 Å². The molecule has 0 amide bonds. The summed E-state index contributed by atoms with van der Waals surface area (Å²) in [6.07, 6.45) is 0.967. The molecule has 1 atom stereocenters. The smallest absolute Gasteiger partial charge is 0.315 e. The Bertz CT molecular complexity index is 166. The van der Waals surface area contributed by atoms with Crippen molar-refractivity contribution in [1.82, 2.24) is 0 Å². The average Bonchev–Trinajstić information content (AvgIpc) is 2.32. The fourth-order valence-corrected chi connectivity index (χ4v) is 1.36. The van der Waals surface area contributed by atoms with Crippen LogP contribution in [-0.2, 0) is 9.53 Å². The Morgan fingerprint density at radius 1 is 1.50 bits per heavy atom. The monoisotopic (exact) mass is 172 g/mol. The summed E-state index contributed by atoms with van der Waals surface area (Å²) in [4.78, 5) is 11.4. The van der Waals surface area contributed by atoms with Crippen LogP contribution >= 0.6 is 0 Å². The lowest BCUT2D eigenvalue weighted by molar-refractivity contribution is -0.637. The van der Waals surface area contributed by atoms with E-state index in [1.54, 1.807) is 0 Å². The summed E-state index contributed by atoms with van der Waals surface area (Å²) in [5, 5.41) is 2.16. The van der Waals surface area contributed by atoms with Crippen molar-refractivity contribution in [2.75, 3.05) is 13.1 Å². The predicted molar refractivity (Wildman–Crippen MR) is 45.6 cm³/mol. The molecule has 0 aromatic rings. The van der Waals surface area contributed by atoms with Crippen LogP contribution in [0.5, 0.6) is 0 Å². The molecule has 3 heteroatoms. The van der Waals surface area contributed by atoms with Gasteiger partial charge in [0.05, 0.1) is 13.1 Å². The summed E-state index contributed by atoms with van der Waals surface area (Å²) in [5.74, 6) is 0.0977. The van der Waals surface area contributed by atoms with Gasteiger partial charge in [0.15, 0.2) is 0 Å². The summed E-state index contributed by atoms with van der Waals surface area (Å²) in [7, 11) is 0. The van der Waals surface area contributed by atoms with Crippen molar-refractivity contribution >= 4 is 5.97 Å². The zero-order valence-electron chi connectivity index (χ0n) is 8.09. The van der Waals surface area contributed by atoms with Gasteiger partial charge in [-0.15, -0.1) is 0 Å². The molecule has 1 heterocycles. The van der Waals surface area contributed by atoms with E-state index in [0.717, 1.165) is 19.5 Å². The number of ether oxygens (including phenoxy) is 1. The van der Waals surface area contributed by atoms with Crippen molar-refractivity contribution in [3.8, 4) is 0 Å². The van der Waals surface area contributed by atoms with E-state index in [1.165, 1.54) is 0 Å². The van der Waals surface area contributed by atoms with Gasteiger partial charge in [0.2, 0.25) is 0 Å². The van der Waals surface area contributed by atoms with Crippen molar-refractivity contribution < 1.29 is 14.8 Å². The molecule has 1 fully saturated rings. The van der Waals surface area contributed by atoms with Gasteiger partial charge in [-0.05, 0) is 20.8 Å². The zero-order chi connectivity index (χ0) is 9.19. The van der Waals surface area contributed by atoms with Crippen LogP contribution in [-0.4, -0.2) is 24.7 Å². The number of carbonyl (C=O) groups excluding carboxylic acids is 1. The summed E-state index contributed by atoms with van der Waals surface area (Å²) >= 11 is 0. The number of quaternary nitrogens is 1. The highest BCUT2D eigenvalue weighted by molar-refractivity contribution is 5.73. The average molecular weight is 172 g/mol. The third kappa shape index (κ3) is 2.81. The van der Waals surface area contributed by atoms with E-state index in [-0.39, 0.29) is 17.5 Å². The molecule has 70 valence electrons. The predicted octanol–water partition coefficient (Wildman–Crippen LogP) is -0.0886. The molecule has 0 unspecified atom stereocenters. The highest BCUT2D eigenvalue weighted by Gasteiger charge is 2.29. The van der Waals surface area contributed by atoms with Crippen molar-refractivity contribution in [3.05, 3.63) is 0 Å². The van der Waals surface area contributed by atoms with Gasteiger partial charge in [0.25, 0.3) is 0 Å². The fraction of sp³-hybridized carbons (Fsp3) is 0.889. The van der Waals surface area contributed by atoms with Gasteiger partial charge in [0, 0.05) is 6.42 Å². The molecule has 1 rings (SSSR count). The standard InChI is InChI=1S/C9H17NO2/c1-9(2,3)12-8(11)7-4-5-10-6-7/h7,10H,4-6H2,1-3H3/p+1/t7-/m1/s1. The molecule has 1 aliphatic rings. The molecule has 0 aliphatic carbocycles. The molecule has 0 spiro atoms. The van der Waals surface area contributed by atoms with E-state index in [9.17, 15) is 4.79 Å². The van der Waals surface area contributed by atoms with Gasteiger partial charge < -0.3 is 10.1 Å². The van der Waals surface area contributed by atoms with Crippen molar-refractivity contribution in [2.45, 2.75) is 32.8 Å². The molecule has 0 aromatic carbocycles. The van der Waals surface area contributed by atoms with Gasteiger partial charge >= 0.3 is 5.97 Å². The van der Waals surface area contributed by atoms with E-state index in [2.05, 4.69) is 5.32 Å². The number of esters is 1. The maximum Gasteiger partial charge on any atom is 0.315 e. The Kier molecular flexibility index (Phi) is 2.73. The Morgan fingerprint density at radius 2 is 2.17 bits per heavy atom. The number of nitrogens with two attached hydrogens (primary N) is 1. The van der Waals surface area contributed by atoms with Crippen LogP contribution in [0.1, 0.15) is 27.2 Å². The minimum Gasteiger partial charge on any atom is -0.460 e. The first-order valence-corrected chi connectivity index (χ1v) is 4.53. The second-order valence-corrected chi connectivity index (χ2v) is 4.33. The number of carbonyl (C=O) groups is 1. The number of hydrogen-bond acceptors (Lipinski definition) is 2. The third-order valence-corrected chi connectivity index (χ3v) is 1.91. The number of hydrogen-bond donors (Lipinski definition) is 1. The Hall–Kier alpha value is -0.570. The molecule has 0 aromatic heterocycles. The van der Waals surface area contributed by atoms with Crippen LogP contribution in [0.4, 0.5) is 0 Å². The second-order valence-electron chi connectivity index (χ2n) is 4.33. The van der Waals surface area contributed by atoms with Crippen molar-refractivity contribution in [3.63, 3.8) is 0 Å². The normalized spacial score (nSPS) is 24.1. The minimum absolute atomic E-state index is 0.0312. The van der Waals surface area contributed by atoms with Crippen LogP contribution in [0.2, 0.25) is 0 Å². The summed E-state index contributed by atoms with van der Waals surface area (Å²) in [6.45, 7) is 7.68. The van der Waals surface area contributed by atoms with E-state index in [0.29, 0.717) is 0 Å². The summed E-state index contributed by atoms with van der Waals surface area (Å²) in [6, 6.07) is 0. The van der Waals surface area contributed by atoms with E-state index >= 15 is 0 Å². The molecular weight excluding hydrogens is 154 g/mol. The molecule has 0 bridgehead atoms. The SMILES string of the molecule is CC(C)(C)OC(=O)[C@@H]1CC[NH2+]C1. The lowest BCUT2D eigenvalue weighted by Gasteiger charge is -2.20. The number of rotatable bonds is 1. The molecule has 2 N–H and O–H groups in total. The first-order chi connectivity index (χ1) is 5.49. The van der Waals surface area contributed by atoms with Crippen LogP contribution in [0.25, 0.3) is 0 Å². The molecular formula is C9H18NO2+. The van der Waals surface area contributed by atoms with E-state index in [4.69, 9.17) is 4.74 Å². The van der Waals surface area contributed by atoms with Crippen LogP contribution in [0, 0.1) is 5.92 Å². The first-order valence-electron chi connectivity index (χ1n) is 4.53. The van der Waals surface area contributed by atoms with Crippen LogP contribution in [0.15, 0.2) is 0 Å². The summed E-state index contributed by atoms with van der Waals surface area (Å²) < 4.78 is 5.26. The van der Waals surface area contributed by atoms with Gasteiger partial charge in [0.1, 0.15) is 11.5 Å². The van der Waals surface area contributed by atoms with Crippen LogP contribution < -0.4 is 5.32 Å². The van der Waals surface area contributed by atoms with Gasteiger partial charge in [-0.25, -0.2) is 0 Å². The molecule has 12 heavy (non-hydrogen) atoms. The second kappa shape index (κ2) is 3.44. The van der Waals surface area contributed by atoms with E-state index in [1.807, 2.05) is 20.8 Å². The van der Waals surface area contributed by atoms with Gasteiger partial charge in [-0.2, -0.15) is 0 Å². The maximum absolute atomic E-state index is 11.4. The highest BCUT2D eigenvalue weighted by atomic mass is 16.6. The molecule has 0 saturated carbocycles. The molecule has 3 nitrogen and oxygen atoms in total. The van der Waals surface area contributed by atoms with Crippen molar-refractivity contribution in [2.24, 2.45) is 5.92 Å². The quantitative estimate of drug-likeness (QED) is 0.562. The Balaban J connectivity index is 2.37. The lowest BCUT2D eigenvalue weighted by atomic mass is 10.1. The van der Waals surface area contributed by atoms with Gasteiger partial charge in [-0.1, -0.05) is 0 Å². The highest BCUT2D eigenvalue weighted by Crippen LogP contribution is 2.13. The third-order valence-electron chi connectivity index (χ3n) is 1.91. The van der Waals surface area contributed by atoms with E-state index < -0.39 is 0 Å². The van der Waals surface area contributed by atoms with Gasteiger partial charge in [-0.3, -0.25) is 4.79 Å². The Labute approximate surface area is 73.5 Å². The molecule has 0 radical (unpaired) electrons. The largest absolute Gasteiger partial charge is 0.460 e. The maximum atomic E-state index is 11.4. The first kappa shape index (κ1) is 9.52.